The number of carbonyl (C=O) groups excluding carboxylic acids is 1. The Morgan fingerprint density at radius 3 is 2.57 bits per heavy atom. The van der Waals surface area contributed by atoms with Gasteiger partial charge in [0.15, 0.2) is 0 Å². The van der Waals surface area contributed by atoms with E-state index < -0.39 is 15.8 Å². The zero-order valence-corrected chi connectivity index (χ0v) is 17.4. The van der Waals surface area contributed by atoms with Crippen LogP contribution in [0, 0.1) is 0 Å². The van der Waals surface area contributed by atoms with E-state index >= 15 is 0 Å². The number of sulfonamides is 1. The molecular formula is C18H20F2N2O3S3. The summed E-state index contributed by atoms with van der Waals surface area (Å²) in [5.41, 5.74) is 0.315. The Balaban J connectivity index is 1.66. The molecule has 1 fully saturated rings. The van der Waals surface area contributed by atoms with Crippen molar-refractivity contribution in [2.75, 3.05) is 18.4 Å². The van der Waals surface area contributed by atoms with E-state index in [1.54, 1.807) is 24.3 Å². The number of hydrogen-bond donors (Lipinski definition) is 1. The van der Waals surface area contributed by atoms with Crippen LogP contribution < -0.4 is 5.32 Å². The molecule has 1 N–H and O–H groups in total. The Morgan fingerprint density at radius 2 is 1.86 bits per heavy atom. The van der Waals surface area contributed by atoms with Crippen LogP contribution in [0.2, 0.25) is 0 Å². The second-order valence-electron chi connectivity index (χ2n) is 6.29. The smallest absolute Gasteiger partial charge is 0.288 e. The van der Waals surface area contributed by atoms with Crippen LogP contribution in [0.1, 0.15) is 24.1 Å². The molecule has 0 unspecified atom stereocenters. The van der Waals surface area contributed by atoms with Crippen molar-refractivity contribution in [1.82, 2.24) is 4.31 Å². The minimum Gasteiger partial charge on any atom is -0.325 e. The summed E-state index contributed by atoms with van der Waals surface area (Å²) < 4.78 is 52.4. The number of piperidine rings is 1. The summed E-state index contributed by atoms with van der Waals surface area (Å²) in [7, 11) is -3.52. The molecule has 1 amide bonds. The van der Waals surface area contributed by atoms with Crippen molar-refractivity contribution < 1.29 is 22.0 Å². The highest BCUT2D eigenvalue weighted by molar-refractivity contribution is 7.99. The molecule has 1 saturated heterocycles. The predicted octanol–water partition coefficient (Wildman–Crippen LogP) is 4.42. The lowest BCUT2D eigenvalue weighted by Crippen LogP contribution is -2.35. The third-order valence-corrected chi connectivity index (χ3v) is 8.50. The molecule has 0 bridgehead atoms. The number of nitrogens with one attached hydrogen (secondary N) is 1. The van der Waals surface area contributed by atoms with Gasteiger partial charge in [0.1, 0.15) is 4.21 Å². The number of halogens is 2. The summed E-state index contributed by atoms with van der Waals surface area (Å²) in [6.45, 7) is 1.04. The summed E-state index contributed by atoms with van der Waals surface area (Å²) in [5.74, 6) is -2.97. The Morgan fingerprint density at radius 1 is 1.14 bits per heavy atom. The Hall–Kier alpha value is -1.49. The molecule has 1 aliphatic rings. The first kappa shape index (κ1) is 21.2. The zero-order chi connectivity index (χ0) is 20.1. The van der Waals surface area contributed by atoms with Crippen LogP contribution in [0.5, 0.6) is 0 Å². The molecule has 2 aromatic rings. The van der Waals surface area contributed by atoms with E-state index in [1.165, 1.54) is 16.4 Å². The molecule has 1 aromatic heterocycles. The lowest BCUT2D eigenvalue weighted by Gasteiger charge is -2.25. The standard InChI is InChI=1S/C18H20F2N2O3S3/c19-18(20)27-15-7-3-2-6-14(15)21-16(23)12-13-8-9-17(26-13)28(24,25)22-10-4-1-5-11-22/h2-3,6-9,18H,1,4-5,10-12H2,(H,21,23). The molecule has 152 valence electrons. The van der Waals surface area contributed by atoms with Crippen LogP contribution in [0.3, 0.4) is 0 Å². The fourth-order valence-electron chi connectivity index (χ4n) is 2.95. The lowest BCUT2D eigenvalue weighted by molar-refractivity contribution is -0.115. The average molecular weight is 447 g/mol. The van der Waals surface area contributed by atoms with E-state index in [1.807, 2.05) is 0 Å². The molecule has 1 aliphatic heterocycles. The van der Waals surface area contributed by atoms with E-state index in [-0.39, 0.29) is 21.4 Å². The number of thioether (sulfide) groups is 1. The van der Waals surface area contributed by atoms with Gasteiger partial charge in [-0.05, 0) is 37.1 Å². The fraction of sp³-hybridized carbons (Fsp3) is 0.389. The number of benzene rings is 1. The van der Waals surface area contributed by atoms with Gasteiger partial charge < -0.3 is 5.32 Å². The van der Waals surface area contributed by atoms with E-state index in [4.69, 9.17) is 0 Å². The van der Waals surface area contributed by atoms with Gasteiger partial charge in [-0.15, -0.1) is 11.3 Å². The summed E-state index contributed by atoms with van der Waals surface area (Å²) in [4.78, 5) is 13.2. The monoisotopic (exact) mass is 446 g/mol. The van der Waals surface area contributed by atoms with Gasteiger partial charge >= 0.3 is 0 Å². The fourth-order valence-corrected chi connectivity index (χ4v) is 6.57. The first-order valence-electron chi connectivity index (χ1n) is 8.79. The third kappa shape index (κ3) is 5.31. The number of thiophene rings is 1. The number of carbonyl (C=O) groups is 1. The molecule has 2 heterocycles. The van der Waals surface area contributed by atoms with Crippen LogP contribution >= 0.6 is 23.1 Å². The number of anilines is 1. The van der Waals surface area contributed by atoms with Crippen molar-refractivity contribution in [3.05, 3.63) is 41.3 Å². The van der Waals surface area contributed by atoms with Gasteiger partial charge in [0, 0.05) is 22.9 Å². The molecule has 5 nitrogen and oxygen atoms in total. The Labute approximate surface area is 171 Å². The topological polar surface area (TPSA) is 66.5 Å². The molecule has 0 radical (unpaired) electrons. The highest BCUT2D eigenvalue weighted by Gasteiger charge is 2.27. The van der Waals surface area contributed by atoms with Crippen molar-refractivity contribution >= 4 is 44.7 Å². The maximum Gasteiger partial charge on any atom is 0.288 e. The van der Waals surface area contributed by atoms with Gasteiger partial charge in [-0.2, -0.15) is 13.1 Å². The minimum absolute atomic E-state index is 0.0200. The number of rotatable bonds is 7. The Bertz CT molecular complexity index is 926. The second kappa shape index (κ2) is 9.34. The van der Waals surface area contributed by atoms with Crippen molar-refractivity contribution in [2.45, 2.75) is 40.5 Å². The number of nitrogens with zero attached hydrogens (tertiary/aromatic N) is 1. The molecule has 0 atom stereocenters. The van der Waals surface area contributed by atoms with Gasteiger partial charge in [-0.3, -0.25) is 4.79 Å². The second-order valence-corrected chi connectivity index (χ2v) is 10.7. The minimum atomic E-state index is -3.52. The number of hydrogen-bond acceptors (Lipinski definition) is 5. The predicted molar refractivity (Wildman–Crippen MR) is 108 cm³/mol. The van der Waals surface area contributed by atoms with Crippen molar-refractivity contribution in [3.8, 4) is 0 Å². The van der Waals surface area contributed by atoms with Crippen molar-refractivity contribution in [1.29, 1.82) is 0 Å². The van der Waals surface area contributed by atoms with Gasteiger partial charge in [0.25, 0.3) is 15.8 Å². The van der Waals surface area contributed by atoms with Crippen LogP contribution in [0.4, 0.5) is 14.5 Å². The van der Waals surface area contributed by atoms with Crippen LogP contribution in [-0.4, -0.2) is 37.5 Å². The first-order chi connectivity index (χ1) is 13.4. The van der Waals surface area contributed by atoms with Gasteiger partial charge in [0.05, 0.1) is 12.1 Å². The lowest BCUT2D eigenvalue weighted by atomic mass is 10.2. The average Bonchev–Trinajstić information content (AvgIpc) is 3.13. The molecule has 28 heavy (non-hydrogen) atoms. The maximum atomic E-state index is 12.7. The highest BCUT2D eigenvalue weighted by Crippen LogP contribution is 2.32. The molecule has 10 heteroatoms. The van der Waals surface area contributed by atoms with Crippen LogP contribution in [0.25, 0.3) is 0 Å². The third-order valence-electron chi connectivity index (χ3n) is 4.26. The maximum absolute atomic E-state index is 12.7. The van der Waals surface area contributed by atoms with Crippen molar-refractivity contribution in [3.63, 3.8) is 0 Å². The van der Waals surface area contributed by atoms with E-state index in [0.717, 1.165) is 30.6 Å². The van der Waals surface area contributed by atoms with E-state index in [0.29, 0.717) is 35.4 Å². The molecule has 3 rings (SSSR count). The summed E-state index contributed by atoms with van der Waals surface area (Å²) in [5, 5.41) is 2.63. The quantitative estimate of drug-likeness (QED) is 0.640. The number of para-hydroxylation sites is 1. The molecule has 0 spiro atoms. The highest BCUT2D eigenvalue weighted by atomic mass is 32.2. The Kier molecular flexibility index (Phi) is 7.08. The summed E-state index contributed by atoms with van der Waals surface area (Å²) in [6, 6.07) is 9.50. The molecule has 0 aliphatic carbocycles. The zero-order valence-electron chi connectivity index (χ0n) is 14.9. The number of amides is 1. The van der Waals surface area contributed by atoms with Crippen LogP contribution in [0.15, 0.2) is 45.5 Å². The van der Waals surface area contributed by atoms with E-state index in [9.17, 15) is 22.0 Å². The normalized spacial score (nSPS) is 15.7. The summed E-state index contributed by atoms with van der Waals surface area (Å²) in [6.07, 6.45) is 2.73. The molecule has 0 saturated carbocycles. The largest absolute Gasteiger partial charge is 0.325 e. The van der Waals surface area contributed by atoms with Gasteiger partial charge in [-0.1, -0.05) is 30.3 Å². The van der Waals surface area contributed by atoms with Crippen molar-refractivity contribution in [2.24, 2.45) is 0 Å². The van der Waals surface area contributed by atoms with Gasteiger partial charge in [-0.25, -0.2) is 8.42 Å². The SMILES string of the molecule is O=C(Cc1ccc(S(=O)(=O)N2CCCCC2)s1)Nc1ccccc1SC(F)F. The first-order valence-corrected chi connectivity index (χ1v) is 11.9. The van der Waals surface area contributed by atoms with Crippen LogP contribution in [-0.2, 0) is 21.2 Å². The molecular weight excluding hydrogens is 426 g/mol. The summed E-state index contributed by atoms with van der Waals surface area (Å²) >= 11 is 1.44. The van der Waals surface area contributed by atoms with E-state index in [2.05, 4.69) is 5.32 Å². The van der Waals surface area contributed by atoms with Gasteiger partial charge in [0.2, 0.25) is 5.91 Å². The molecule has 1 aromatic carbocycles. The number of alkyl halides is 2.